The molecule has 1 heterocycles. The van der Waals surface area contributed by atoms with Crippen molar-refractivity contribution in [2.75, 3.05) is 0 Å². The molecule has 1 aromatic rings. The molecule has 0 spiro atoms. The van der Waals surface area contributed by atoms with Gasteiger partial charge in [0.1, 0.15) is 24.1 Å². The van der Waals surface area contributed by atoms with Gasteiger partial charge in [0.25, 0.3) is 0 Å². The van der Waals surface area contributed by atoms with Gasteiger partial charge in [-0.05, 0) is 97.8 Å². The van der Waals surface area contributed by atoms with E-state index in [1.165, 1.54) is 43.2 Å². The van der Waals surface area contributed by atoms with E-state index in [1.54, 1.807) is 6.92 Å². The van der Waals surface area contributed by atoms with Gasteiger partial charge in [-0.3, -0.25) is 0 Å². The first-order valence-corrected chi connectivity index (χ1v) is 11.9. The number of fused-ring (bicyclic) bond motifs is 5. The van der Waals surface area contributed by atoms with Gasteiger partial charge in [-0.1, -0.05) is 19.1 Å². The van der Waals surface area contributed by atoms with E-state index in [-0.39, 0.29) is 0 Å². The van der Waals surface area contributed by atoms with E-state index in [0.717, 1.165) is 18.3 Å². The molecule has 2 saturated carbocycles. The van der Waals surface area contributed by atoms with Crippen LogP contribution in [0.1, 0.15) is 63.0 Å². The minimum absolute atomic E-state index is 0.417. The molecule has 3 fully saturated rings. The van der Waals surface area contributed by atoms with Crippen molar-refractivity contribution < 1.29 is 24.8 Å². The third-order valence-electron chi connectivity index (χ3n) is 9.12. The highest BCUT2D eigenvalue weighted by atomic mass is 16.7. The summed E-state index contributed by atoms with van der Waals surface area (Å²) < 4.78 is 11.5. The second kappa shape index (κ2) is 7.87. The molecule has 5 rings (SSSR count). The maximum absolute atomic E-state index is 10.3. The molecule has 1 aromatic carbocycles. The van der Waals surface area contributed by atoms with Crippen LogP contribution in [0.25, 0.3) is 0 Å². The first kappa shape index (κ1) is 21.4. The fraction of sp³-hybridized carbons (Fsp3) is 0.692. The SMILES string of the molecule is C=C[C@H]1CC[C@H]2[C@@H]3CCc4cc(O[C@H]5O[C@@H](C)[C@H](O)[C@@H](O)[C@@H]5O)ccc4[C@H]3CC[C@]12C. The number of benzene rings is 1. The number of hydrogen-bond donors (Lipinski definition) is 3. The maximum atomic E-state index is 10.3. The Morgan fingerprint density at radius 1 is 1.10 bits per heavy atom. The minimum Gasteiger partial charge on any atom is -0.462 e. The minimum atomic E-state index is -1.29. The second-order valence-electron chi connectivity index (χ2n) is 10.5. The number of aliphatic hydroxyl groups excluding tert-OH is 3. The number of aliphatic hydroxyl groups is 3. The fourth-order valence-corrected chi connectivity index (χ4v) is 7.30. The number of allylic oxidation sites excluding steroid dienone is 1. The largest absolute Gasteiger partial charge is 0.462 e. The zero-order chi connectivity index (χ0) is 21.9. The van der Waals surface area contributed by atoms with E-state index < -0.39 is 30.7 Å². The average Bonchev–Trinajstić information content (AvgIpc) is 3.12. The topological polar surface area (TPSA) is 79.2 Å². The smallest absolute Gasteiger partial charge is 0.229 e. The van der Waals surface area contributed by atoms with Gasteiger partial charge < -0.3 is 24.8 Å². The van der Waals surface area contributed by atoms with Crippen LogP contribution >= 0.6 is 0 Å². The van der Waals surface area contributed by atoms with Crippen LogP contribution in [0.3, 0.4) is 0 Å². The fourth-order valence-electron chi connectivity index (χ4n) is 7.30. The third kappa shape index (κ3) is 3.36. The normalized spacial score (nSPS) is 46.5. The lowest BCUT2D eigenvalue weighted by Crippen LogP contribution is -2.58. The van der Waals surface area contributed by atoms with E-state index >= 15 is 0 Å². The van der Waals surface area contributed by atoms with E-state index in [2.05, 4.69) is 31.7 Å². The molecule has 0 radical (unpaired) electrons. The highest BCUT2D eigenvalue weighted by Gasteiger charge is 2.53. The van der Waals surface area contributed by atoms with Crippen molar-refractivity contribution in [3.63, 3.8) is 0 Å². The van der Waals surface area contributed by atoms with Crippen molar-refractivity contribution in [2.24, 2.45) is 23.2 Å². The van der Waals surface area contributed by atoms with Gasteiger partial charge in [0.2, 0.25) is 6.29 Å². The summed E-state index contributed by atoms with van der Waals surface area (Å²) in [6, 6.07) is 6.25. The van der Waals surface area contributed by atoms with Crippen LogP contribution in [-0.2, 0) is 11.2 Å². The molecule has 0 bridgehead atoms. The highest BCUT2D eigenvalue weighted by Crippen LogP contribution is 2.63. The van der Waals surface area contributed by atoms with Gasteiger partial charge >= 0.3 is 0 Å². The van der Waals surface area contributed by atoms with Crippen LogP contribution in [0.5, 0.6) is 5.75 Å². The molecule has 0 amide bonds. The van der Waals surface area contributed by atoms with Crippen LogP contribution in [0.2, 0.25) is 0 Å². The first-order chi connectivity index (χ1) is 14.8. The Morgan fingerprint density at radius 3 is 2.68 bits per heavy atom. The Kier molecular flexibility index (Phi) is 5.45. The standard InChI is InChI=1S/C26H36O5/c1-4-16-6-10-21-20-8-5-15-13-17(7-9-18(15)19(20)11-12-26(16,21)3)31-25-24(29)23(28)22(27)14(2)30-25/h4,7,9,13-14,16,19-25,27-29H,1,5-6,8,10-12H2,2-3H3/t14-,16-,19+,20+,21-,22-,23+,24-,25+,26+/m0/s1. The molecule has 4 aliphatic rings. The molecule has 10 atom stereocenters. The molecule has 5 nitrogen and oxygen atoms in total. The van der Waals surface area contributed by atoms with Gasteiger partial charge in [-0.25, -0.2) is 0 Å². The summed E-state index contributed by atoms with van der Waals surface area (Å²) in [5.41, 5.74) is 3.21. The quantitative estimate of drug-likeness (QED) is 0.642. The zero-order valence-electron chi connectivity index (χ0n) is 18.6. The molecule has 0 aromatic heterocycles. The Labute approximate surface area is 185 Å². The van der Waals surface area contributed by atoms with Gasteiger partial charge in [0.05, 0.1) is 6.10 Å². The molecule has 170 valence electrons. The van der Waals surface area contributed by atoms with Crippen molar-refractivity contribution in [1.82, 2.24) is 0 Å². The molecule has 1 saturated heterocycles. The molecular weight excluding hydrogens is 392 g/mol. The molecule has 5 heteroatoms. The second-order valence-corrected chi connectivity index (χ2v) is 10.5. The van der Waals surface area contributed by atoms with Crippen LogP contribution in [0.4, 0.5) is 0 Å². The Bertz CT molecular complexity index is 839. The number of hydrogen-bond acceptors (Lipinski definition) is 5. The monoisotopic (exact) mass is 428 g/mol. The van der Waals surface area contributed by atoms with Crippen molar-refractivity contribution in [1.29, 1.82) is 0 Å². The van der Waals surface area contributed by atoms with Crippen molar-refractivity contribution in [2.45, 2.75) is 89.0 Å². The third-order valence-corrected chi connectivity index (χ3v) is 9.12. The van der Waals surface area contributed by atoms with Crippen molar-refractivity contribution >= 4 is 0 Å². The van der Waals surface area contributed by atoms with Crippen LogP contribution in [0.15, 0.2) is 30.9 Å². The molecular formula is C26H36O5. The summed E-state index contributed by atoms with van der Waals surface area (Å²) >= 11 is 0. The van der Waals surface area contributed by atoms with Crippen LogP contribution in [-0.4, -0.2) is 46.0 Å². The Hall–Kier alpha value is -1.40. The van der Waals surface area contributed by atoms with Gasteiger partial charge in [0.15, 0.2) is 0 Å². The molecule has 0 unspecified atom stereocenters. The summed E-state index contributed by atoms with van der Waals surface area (Å²) in [4.78, 5) is 0. The number of ether oxygens (including phenoxy) is 2. The van der Waals surface area contributed by atoms with Crippen molar-refractivity contribution in [3.05, 3.63) is 42.0 Å². The van der Waals surface area contributed by atoms with Crippen LogP contribution in [0, 0.1) is 23.2 Å². The molecule has 31 heavy (non-hydrogen) atoms. The number of aryl methyl sites for hydroxylation is 1. The van der Waals surface area contributed by atoms with E-state index in [1.807, 2.05) is 6.07 Å². The number of rotatable bonds is 3. The molecule has 3 aliphatic carbocycles. The lowest BCUT2D eigenvalue weighted by atomic mass is 9.54. The van der Waals surface area contributed by atoms with Gasteiger partial charge in [-0.2, -0.15) is 0 Å². The molecule has 1 aliphatic heterocycles. The molecule has 3 N–H and O–H groups in total. The zero-order valence-corrected chi connectivity index (χ0v) is 18.6. The summed E-state index contributed by atoms with van der Waals surface area (Å²) in [7, 11) is 0. The lowest BCUT2D eigenvalue weighted by molar-refractivity contribution is -0.268. The predicted molar refractivity (Wildman–Crippen MR) is 118 cm³/mol. The van der Waals surface area contributed by atoms with E-state index in [9.17, 15) is 15.3 Å². The van der Waals surface area contributed by atoms with E-state index in [0.29, 0.717) is 23.0 Å². The van der Waals surface area contributed by atoms with E-state index in [4.69, 9.17) is 9.47 Å². The highest BCUT2D eigenvalue weighted by molar-refractivity contribution is 5.41. The Morgan fingerprint density at radius 2 is 1.90 bits per heavy atom. The van der Waals surface area contributed by atoms with Crippen molar-refractivity contribution in [3.8, 4) is 5.75 Å². The summed E-state index contributed by atoms with van der Waals surface area (Å²) in [5.74, 6) is 3.47. The predicted octanol–water partition coefficient (Wildman–Crippen LogP) is 3.55. The van der Waals surface area contributed by atoms with Crippen LogP contribution < -0.4 is 4.74 Å². The summed E-state index contributed by atoms with van der Waals surface area (Å²) in [5, 5.41) is 30.2. The lowest BCUT2D eigenvalue weighted by Gasteiger charge is -2.50. The average molecular weight is 429 g/mol. The maximum Gasteiger partial charge on any atom is 0.229 e. The summed E-state index contributed by atoms with van der Waals surface area (Å²) in [6.07, 6.45) is 4.30. The van der Waals surface area contributed by atoms with Gasteiger partial charge in [-0.15, -0.1) is 6.58 Å². The van der Waals surface area contributed by atoms with Gasteiger partial charge in [0, 0.05) is 0 Å². The Balaban J connectivity index is 1.34. The summed E-state index contributed by atoms with van der Waals surface area (Å²) in [6.45, 7) is 8.29. The first-order valence-electron chi connectivity index (χ1n) is 11.9.